The van der Waals surface area contributed by atoms with E-state index in [1.165, 1.54) is 143 Å². The highest BCUT2D eigenvalue weighted by atomic mass is 32.1. The number of thiophene rings is 1. The van der Waals surface area contributed by atoms with Crippen LogP contribution in [-0.4, -0.2) is 11.8 Å². The van der Waals surface area contributed by atoms with Gasteiger partial charge in [0.05, 0.1) is 5.52 Å². The molecule has 0 bridgehead atoms. The lowest BCUT2D eigenvalue weighted by molar-refractivity contribution is 0.332. The first kappa shape index (κ1) is 48.7. The third-order valence-electron chi connectivity index (χ3n) is 19.5. The van der Waals surface area contributed by atoms with Crippen molar-refractivity contribution in [2.75, 3.05) is 5.32 Å². The van der Waals surface area contributed by atoms with E-state index in [9.17, 15) is 0 Å². The first-order chi connectivity index (χ1) is 36.5. The van der Waals surface area contributed by atoms with Crippen LogP contribution in [0.4, 0.5) is 11.4 Å². The number of aromatic nitrogens is 1. The first-order valence-electron chi connectivity index (χ1n) is 28.5. The maximum atomic E-state index is 4.18. The van der Waals surface area contributed by atoms with Crippen molar-refractivity contribution >= 4 is 72.8 Å². The Labute approximate surface area is 462 Å². The Morgan fingerprint density at radius 1 is 0.519 bits per heavy atom. The van der Waals surface area contributed by atoms with Crippen LogP contribution in [0.5, 0.6) is 0 Å². The second kappa shape index (κ2) is 16.2. The standard InChI is InChI=1S/C73H72BN2S/c1-68(2,3)44-28-30-45(31-29-44)75-56-39-53-51(69(4,5)32-34-71(53,8)9)36-47(56)63-64-61(46-26-20-21-27-50(46)73(64,12)13)62-48-37-52-54(72(10,11)35-33-70(52,6)7)40-57(48)76-58-38-49-59(41-55(58)74-65(63)66(62)76)77-67(43-24-18-15-19-25-43)60(49)42-22-16-14-17-23-42/h14-31,36-41,75H,32-35H2,1-13H3. The summed E-state index contributed by atoms with van der Waals surface area (Å²) in [5, 5.41) is 8.25. The van der Waals surface area contributed by atoms with Gasteiger partial charge in [-0.15, -0.1) is 11.3 Å². The van der Waals surface area contributed by atoms with Gasteiger partial charge in [0.15, 0.2) is 7.28 Å². The molecule has 0 amide bonds. The quantitative estimate of drug-likeness (QED) is 0.170. The van der Waals surface area contributed by atoms with Gasteiger partial charge in [-0.1, -0.05) is 193 Å². The molecule has 4 aliphatic rings. The molecule has 2 aromatic heterocycles. The van der Waals surface area contributed by atoms with E-state index in [1.54, 1.807) is 0 Å². The SMILES string of the molecule is CC(C)(C)c1ccc(Nc2cc3c(cc2-c2c4c(c5c6cc7c(cc6n6c5c2[B]c2cc5sc(-c8ccccc8)c(-c8ccccc8)c5cc2-6)C(C)(C)CCC7(C)C)-c2ccccc2C4(C)C)C(C)(C)CCC3(C)C)cc1. The number of nitrogens with one attached hydrogen (secondary N) is 1. The molecule has 0 spiro atoms. The molecule has 2 nitrogen and oxygen atoms in total. The van der Waals surface area contributed by atoms with Crippen molar-refractivity contribution in [3.8, 4) is 49.5 Å². The number of rotatable bonds is 5. The van der Waals surface area contributed by atoms with Crippen LogP contribution in [0.2, 0.25) is 0 Å². The summed E-state index contributed by atoms with van der Waals surface area (Å²) < 4.78 is 4.06. The average Bonchev–Trinajstić information content (AvgIpc) is 4.23. The van der Waals surface area contributed by atoms with E-state index in [-0.39, 0.29) is 32.5 Å². The minimum Gasteiger partial charge on any atom is -0.355 e. The lowest BCUT2D eigenvalue weighted by atomic mass is 9.56. The van der Waals surface area contributed by atoms with Gasteiger partial charge in [-0.05, 0) is 174 Å². The summed E-state index contributed by atoms with van der Waals surface area (Å²) in [6.45, 7) is 31.8. The minimum absolute atomic E-state index is 0.00291. The molecular weight excluding hydrogens is 948 g/mol. The maximum absolute atomic E-state index is 4.18. The Morgan fingerprint density at radius 3 is 1.73 bits per heavy atom. The van der Waals surface area contributed by atoms with Crippen molar-refractivity contribution in [3.63, 3.8) is 0 Å². The zero-order valence-corrected chi connectivity index (χ0v) is 48.4. The second-order valence-corrected chi connectivity index (χ2v) is 28.8. The topological polar surface area (TPSA) is 17.0 Å². The summed E-state index contributed by atoms with van der Waals surface area (Å²) in [5.74, 6) is 0. The third kappa shape index (κ3) is 7.12. The van der Waals surface area contributed by atoms with E-state index in [0.717, 1.165) is 24.9 Å². The summed E-state index contributed by atoms with van der Waals surface area (Å²) in [6.07, 6.45) is 4.62. The van der Waals surface area contributed by atoms with Gasteiger partial charge in [0, 0.05) is 64.9 Å². The molecule has 0 unspecified atom stereocenters. The molecule has 1 N–H and O–H groups in total. The van der Waals surface area contributed by atoms with Gasteiger partial charge in [-0.25, -0.2) is 0 Å². The second-order valence-electron chi connectivity index (χ2n) is 27.7. The fourth-order valence-electron chi connectivity index (χ4n) is 14.7. The number of fused-ring (bicyclic) bond motifs is 12. The number of nitrogens with zero attached hydrogens (tertiary/aromatic N) is 1. The Kier molecular flexibility index (Phi) is 10.3. The largest absolute Gasteiger partial charge is 0.355 e. The fraction of sp³-hybridized carbons (Fsp3) is 0.315. The van der Waals surface area contributed by atoms with Gasteiger partial charge in [0.1, 0.15) is 0 Å². The lowest BCUT2D eigenvalue weighted by Gasteiger charge is -2.43. The summed E-state index contributed by atoms with van der Waals surface area (Å²) in [4.78, 5) is 1.32. The highest BCUT2D eigenvalue weighted by Crippen LogP contribution is 2.60. The van der Waals surface area contributed by atoms with E-state index in [1.807, 2.05) is 11.3 Å². The van der Waals surface area contributed by atoms with E-state index in [0.29, 0.717) is 0 Å². The molecule has 0 atom stereocenters. The van der Waals surface area contributed by atoms with Crippen molar-refractivity contribution in [1.29, 1.82) is 0 Å². The average molecular weight is 1020 g/mol. The normalized spacial score (nSPS) is 17.8. The van der Waals surface area contributed by atoms with Crippen molar-refractivity contribution in [1.82, 2.24) is 4.57 Å². The zero-order chi connectivity index (χ0) is 53.5. The zero-order valence-electron chi connectivity index (χ0n) is 47.6. The van der Waals surface area contributed by atoms with Crippen molar-refractivity contribution in [2.45, 2.75) is 148 Å². The predicted molar refractivity (Wildman–Crippen MR) is 334 cm³/mol. The highest BCUT2D eigenvalue weighted by Gasteiger charge is 2.46. The molecule has 10 aromatic rings. The molecule has 4 heteroatoms. The van der Waals surface area contributed by atoms with Gasteiger partial charge in [-0.2, -0.15) is 0 Å². The molecular formula is C73H72BN2S. The van der Waals surface area contributed by atoms with Gasteiger partial charge in [0.25, 0.3) is 0 Å². The first-order valence-corrected chi connectivity index (χ1v) is 29.3. The molecule has 0 saturated carbocycles. The van der Waals surface area contributed by atoms with Gasteiger partial charge in [0.2, 0.25) is 0 Å². The molecule has 1 radical (unpaired) electrons. The Morgan fingerprint density at radius 2 is 1.09 bits per heavy atom. The third-order valence-corrected chi connectivity index (χ3v) is 20.7. The maximum Gasteiger partial charge on any atom is 0.197 e. The van der Waals surface area contributed by atoms with E-state index in [2.05, 4.69) is 253 Å². The van der Waals surface area contributed by atoms with Crippen LogP contribution in [0.25, 0.3) is 81.4 Å². The minimum atomic E-state index is -0.312. The van der Waals surface area contributed by atoms with Crippen LogP contribution in [-0.2, 0) is 32.5 Å². The molecule has 0 saturated heterocycles. The summed E-state index contributed by atoms with van der Waals surface area (Å²) in [6, 6.07) is 56.6. The Hall–Kier alpha value is -6.62. The van der Waals surface area contributed by atoms with Gasteiger partial charge >= 0.3 is 0 Å². The van der Waals surface area contributed by atoms with E-state index >= 15 is 0 Å². The Balaban J connectivity index is 1.17. The summed E-state index contributed by atoms with van der Waals surface area (Å²) in [5.41, 5.74) is 27.9. The Bertz CT molecular complexity index is 4130. The van der Waals surface area contributed by atoms with Crippen LogP contribution in [0, 0.1) is 0 Å². The fourth-order valence-corrected chi connectivity index (χ4v) is 16.0. The number of hydrogen-bond acceptors (Lipinski definition) is 2. The van der Waals surface area contributed by atoms with Crippen molar-refractivity contribution < 1.29 is 0 Å². The number of benzene rings is 8. The molecule has 383 valence electrons. The van der Waals surface area contributed by atoms with Crippen LogP contribution >= 0.6 is 11.3 Å². The number of anilines is 2. The predicted octanol–water partition coefficient (Wildman–Crippen LogP) is 19.0. The van der Waals surface area contributed by atoms with Crippen LogP contribution < -0.4 is 16.2 Å². The highest BCUT2D eigenvalue weighted by molar-refractivity contribution is 7.23. The van der Waals surface area contributed by atoms with Gasteiger partial charge in [-0.3, -0.25) is 0 Å². The monoisotopic (exact) mass is 1020 g/mol. The molecule has 3 aliphatic carbocycles. The van der Waals surface area contributed by atoms with E-state index < -0.39 is 0 Å². The summed E-state index contributed by atoms with van der Waals surface area (Å²) in [7, 11) is 2.62. The molecule has 1 aliphatic heterocycles. The summed E-state index contributed by atoms with van der Waals surface area (Å²) >= 11 is 1.94. The lowest BCUT2D eigenvalue weighted by Crippen LogP contribution is -2.39. The molecule has 14 rings (SSSR count). The molecule has 77 heavy (non-hydrogen) atoms. The van der Waals surface area contributed by atoms with Crippen LogP contribution in [0.15, 0.2) is 146 Å². The molecule has 0 fully saturated rings. The van der Waals surface area contributed by atoms with E-state index in [4.69, 9.17) is 0 Å². The van der Waals surface area contributed by atoms with Crippen molar-refractivity contribution in [3.05, 3.63) is 185 Å². The van der Waals surface area contributed by atoms with Crippen LogP contribution in [0.3, 0.4) is 0 Å². The van der Waals surface area contributed by atoms with Crippen molar-refractivity contribution in [2.24, 2.45) is 0 Å². The number of hydrogen-bond donors (Lipinski definition) is 1. The smallest absolute Gasteiger partial charge is 0.197 e. The van der Waals surface area contributed by atoms with Gasteiger partial charge < -0.3 is 9.88 Å². The molecule has 8 aromatic carbocycles. The molecule has 3 heterocycles. The van der Waals surface area contributed by atoms with Crippen LogP contribution in [0.1, 0.15) is 155 Å².